The molecular formula is C23H25N3O3. The van der Waals surface area contributed by atoms with Crippen LogP contribution in [0.5, 0.6) is 0 Å². The van der Waals surface area contributed by atoms with Crippen LogP contribution in [0.25, 0.3) is 11.1 Å². The number of carbonyl (C=O) groups excluding carboxylic acids is 1. The number of nitrogens with zero attached hydrogens (tertiary/aromatic N) is 2. The maximum absolute atomic E-state index is 12.6. The van der Waals surface area contributed by atoms with Crippen LogP contribution in [0.15, 0.2) is 52.9 Å². The van der Waals surface area contributed by atoms with E-state index in [-0.39, 0.29) is 12.1 Å². The predicted octanol–water partition coefficient (Wildman–Crippen LogP) is 4.92. The van der Waals surface area contributed by atoms with Crippen molar-refractivity contribution in [1.82, 2.24) is 9.88 Å². The van der Waals surface area contributed by atoms with Gasteiger partial charge in [-0.05, 0) is 49.4 Å². The van der Waals surface area contributed by atoms with Gasteiger partial charge in [0.2, 0.25) is 0 Å². The van der Waals surface area contributed by atoms with Crippen LogP contribution in [-0.2, 0) is 11.3 Å². The van der Waals surface area contributed by atoms with E-state index in [1.54, 1.807) is 0 Å². The van der Waals surface area contributed by atoms with Crippen LogP contribution in [0.2, 0.25) is 0 Å². The fourth-order valence-electron chi connectivity index (χ4n) is 3.74. The number of fused-ring (bicyclic) bond motifs is 1. The molecule has 0 radical (unpaired) electrons. The number of hydrogen-bond acceptors (Lipinski definition) is 4. The number of nitrogens with one attached hydrogen (secondary N) is 1. The van der Waals surface area contributed by atoms with Gasteiger partial charge in [0.15, 0.2) is 11.5 Å². The molecule has 6 heteroatoms. The van der Waals surface area contributed by atoms with Crippen molar-refractivity contribution in [3.8, 4) is 0 Å². The quantitative estimate of drug-likeness (QED) is 0.670. The first-order valence-electron chi connectivity index (χ1n) is 10.4. The molecule has 6 nitrogen and oxygen atoms in total. The highest BCUT2D eigenvalue weighted by Gasteiger charge is 2.29. The first kappa shape index (κ1) is 18.2. The number of benzene rings is 2. The Labute approximate surface area is 169 Å². The van der Waals surface area contributed by atoms with Crippen molar-refractivity contribution in [3.63, 3.8) is 0 Å². The van der Waals surface area contributed by atoms with Gasteiger partial charge in [-0.1, -0.05) is 30.3 Å². The molecule has 3 aromatic rings. The summed E-state index contributed by atoms with van der Waals surface area (Å²) in [5, 5.41) is 3.00. The van der Waals surface area contributed by atoms with Gasteiger partial charge >= 0.3 is 6.03 Å². The lowest BCUT2D eigenvalue weighted by Crippen LogP contribution is -2.43. The third-order valence-electron chi connectivity index (χ3n) is 5.64. The summed E-state index contributed by atoms with van der Waals surface area (Å²) < 4.78 is 11.8. The molecule has 2 aliphatic rings. The van der Waals surface area contributed by atoms with E-state index >= 15 is 0 Å². The summed E-state index contributed by atoms with van der Waals surface area (Å²) in [5.41, 5.74) is 3.51. The zero-order valence-corrected chi connectivity index (χ0v) is 16.3. The van der Waals surface area contributed by atoms with Crippen molar-refractivity contribution >= 4 is 22.8 Å². The average molecular weight is 391 g/mol. The molecule has 0 bridgehead atoms. The molecule has 1 aliphatic heterocycles. The molecule has 0 spiro atoms. The molecule has 150 valence electrons. The minimum atomic E-state index is -0.0724. The minimum Gasteiger partial charge on any atom is -0.440 e. The van der Waals surface area contributed by atoms with Crippen LogP contribution in [0.1, 0.15) is 43.1 Å². The Morgan fingerprint density at radius 3 is 2.66 bits per heavy atom. The number of amides is 2. The van der Waals surface area contributed by atoms with Crippen molar-refractivity contribution in [3.05, 3.63) is 60.0 Å². The van der Waals surface area contributed by atoms with Gasteiger partial charge in [0.25, 0.3) is 0 Å². The van der Waals surface area contributed by atoms with E-state index < -0.39 is 0 Å². The number of hydrogen-bond donors (Lipinski definition) is 1. The van der Waals surface area contributed by atoms with Gasteiger partial charge in [0, 0.05) is 24.7 Å². The number of rotatable bonds is 5. The van der Waals surface area contributed by atoms with Gasteiger partial charge in [0.05, 0.1) is 12.7 Å². The lowest BCUT2D eigenvalue weighted by molar-refractivity contribution is 0.00540. The smallest absolute Gasteiger partial charge is 0.321 e. The van der Waals surface area contributed by atoms with Crippen molar-refractivity contribution in [1.29, 1.82) is 0 Å². The van der Waals surface area contributed by atoms with Crippen molar-refractivity contribution < 1.29 is 13.9 Å². The normalized spacial score (nSPS) is 17.6. The number of ether oxygens (including phenoxy) is 1. The van der Waals surface area contributed by atoms with Gasteiger partial charge in [0.1, 0.15) is 5.52 Å². The Bertz CT molecular complexity index is 989. The number of oxazole rings is 1. The molecule has 0 unspecified atom stereocenters. The second kappa shape index (κ2) is 7.87. The highest BCUT2D eigenvalue weighted by Crippen LogP contribution is 2.40. The van der Waals surface area contributed by atoms with Crippen LogP contribution >= 0.6 is 0 Å². The van der Waals surface area contributed by atoms with E-state index in [0.717, 1.165) is 48.4 Å². The minimum absolute atomic E-state index is 0.0724. The summed E-state index contributed by atoms with van der Waals surface area (Å²) in [6.45, 7) is 2.02. The van der Waals surface area contributed by atoms with Crippen LogP contribution in [0.3, 0.4) is 0 Å². The van der Waals surface area contributed by atoms with Crippen molar-refractivity contribution in [2.24, 2.45) is 0 Å². The number of carbonyl (C=O) groups is 1. The van der Waals surface area contributed by atoms with Crippen LogP contribution in [-0.4, -0.2) is 35.1 Å². The van der Waals surface area contributed by atoms with Gasteiger partial charge < -0.3 is 19.4 Å². The molecular weight excluding hydrogens is 366 g/mol. The summed E-state index contributed by atoms with van der Waals surface area (Å²) in [7, 11) is 0. The molecule has 0 atom stereocenters. The maximum Gasteiger partial charge on any atom is 0.321 e. The molecule has 1 N–H and O–H groups in total. The second-order valence-electron chi connectivity index (χ2n) is 7.92. The van der Waals surface area contributed by atoms with E-state index in [1.165, 1.54) is 5.56 Å². The Balaban J connectivity index is 1.13. The third kappa shape index (κ3) is 4.27. The molecule has 29 heavy (non-hydrogen) atoms. The van der Waals surface area contributed by atoms with Crippen molar-refractivity contribution in [2.45, 2.75) is 44.3 Å². The Hall–Kier alpha value is -2.86. The molecule has 5 rings (SSSR count). The first-order chi connectivity index (χ1) is 14.2. The highest BCUT2D eigenvalue weighted by atomic mass is 16.5. The van der Waals surface area contributed by atoms with Crippen molar-refractivity contribution in [2.75, 3.05) is 18.4 Å². The standard InChI is InChI=1S/C23H25N3O3/c27-23(24-18-8-9-21-20(14-18)25-22(29-21)17-6-7-17)26-12-10-19(11-13-26)28-15-16-4-2-1-3-5-16/h1-5,8-9,14,17,19H,6-7,10-13,15H2,(H,24,27). The Morgan fingerprint density at radius 1 is 1.10 bits per heavy atom. The van der Waals surface area contributed by atoms with E-state index in [2.05, 4.69) is 22.4 Å². The topological polar surface area (TPSA) is 67.6 Å². The SMILES string of the molecule is O=C(Nc1ccc2oc(C3CC3)nc2c1)N1CCC(OCc2ccccc2)CC1. The number of urea groups is 1. The van der Waals surface area contributed by atoms with E-state index in [1.807, 2.05) is 41.3 Å². The molecule has 2 amide bonds. The maximum atomic E-state index is 12.6. The Morgan fingerprint density at radius 2 is 1.90 bits per heavy atom. The molecule has 2 heterocycles. The van der Waals surface area contributed by atoms with Crippen LogP contribution in [0, 0.1) is 0 Å². The Kier molecular flexibility index (Phi) is 4.94. The molecule has 1 aromatic heterocycles. The van der Waals surface area contributed by atoms with Gasteiger partial charge in [-0.25, -0.2) is 9.78 Å². The summed E-state index contributed by atoms with van der Waals surface area (Å²) >= 11 is 0. The average Bonchev–Trinajstić information content (AvgIpc) is 3.53. The fourth-order valence-corrected chi connectivity index (χ4v) is 3.74. The van der Waals surface area contributed by atoms with Gasteiger partial charge in [-0.3, -0.25) is 0 Å². The number of piperidine rings is 1. The zero-order chi connectivity index (χ0) is 19.6. The molecule has 2 aromatic carbocycles. The second-order valence-corrected chi connectivity index (χ2v) is 7.92. The fraction of sp³-hybridized carbons (Fsp3) is 0.391. The lowest BCUT2D eigenvalue weighted by Gasteiger charge is -2.32. The largest absolute Gasteiger partial charge is 0.440 e. The predicted molar refractivity (Wildman–Crippen MR) is 111 cm³/mol. The first-order valence-corrected chi connectivity index (χ1v) is 10.4. The monoisotopic (exact) mass is 391 g/mol. The van der Waals surface area contributed by atoms with Crippen LogP contribution < -0.4 is 5.32 Å². The molecule has 1 saturated carbocycles. The zero-order valence-electron chi connectivity index (χ0n) is 16.3. The lowest BCUT2D eigenvalue weighted by atomic mass is 10.1. The number of likely N-dealkylation sites (tertiary alicyclic amines) is 1. The van der Waals surface area contributed by atoms with E-state index in [9.17, 15) is 4.79 Å². The summed E-state index contributed by atoms with van der Waals surface area (Å²) in [6.07, 6.45) is 4.22. The number of anilines is 1. The van der Waals surface area contributed by atoms with E-state index in [4.69, 9.17) is 9.15 Å². The molecule has 1 saturated heterocycles. The van der Waals surface area contributed by atoms with Crippen LogP contribution in [0.4, 0.5) is 10.5 Å². The summed E-state index contributed by atoms with van der Waals surface area (Å²) in [5.74, 6) is 1.30. The van der Waals surface area contributed by atoms with E-state index in [0.29, 0.717) is 25.6 Å². The summed E-state index contributed by atoms with van der Waals surface area (Å²) in [4.78, 5) is 19.1. The highest BCUT2D eigenvalue weighted by molar-refractivity contribution is 5.91. The molecule has 1 aliphatic carbocycles. The van der Waals surface area contributed by atoms with Gasteiger partial charge in [-0.15, -0.1) is 0 Å². The molecule has 2 fully saturated rings. The van der Waals surface area contributed by atoms with Gasteiger partial charge in [-0.2, -0.15) is 0 Å². The summed E-state index contributed by atoms with van der Waals surface area (Å²) in [6, 6.07) is 15.8. The number of aromatic nitrogens is 1. The third-order valence-corrected chi connectivity index (χ3v) is 5.64.